The van der Waals surface area contributed by atoms with E-state index in [4.69, 9.17) is 11.6 Å². The van der Waals surface area contributed by atoms with Crippen LogP contribution in [0.1, 0.15) is 16.8 Å². The minimum Gasteiger partial charge on any atom is -0.339 e. The minimum absolute atomic E-state index is 0.556. The average Bonchev–Trinajstić information content (AvgIpc) is 2.95. The molecular formula is C23H17ClF3NS. The number of nitrogens with zero attached hydrogens (tertiary/aromatic N) is 1. The minimum atomic E-state index is -4.38. The first-order valence-electron chi connectivity index (χ1n) is 9.00. The lowest BCUT2D eigenvalue weighted by Gasteiger charge is -2.10. The molecule has 0 atom stereocenters. The second-order valence-electron chi connectivity index (χ2n) is 6.77. The molecule has 0 fully saturated rings. The molecule has 0 N–H and O–H groups in total. The van der Waals surface area contributed by atoms with Crippen LogP contribution in [0.25, 0.3) is 10.9 Å². The molecule has 6 heteroatoms. The number of benzene rings is 3. The predicted octanol–water partition coefficient (Wildman–Crippen LogP) is 7.82. The van der Waals surface area contributed by atoms with Gasteiger partial charge in [-0.1, -0.05) is 53.7 Å². The van der Waals surface area contributed by atoms with Gasteiger partial charge in [-0.05, 0) is 55.0 Å². The lowest BCUT2D eigenvalue weighted by atomic mass is 10.1. The van der Waals surface area contributed by atoms with E-state index in [9.17, 15) is 13.2 Å². The van der Waals surface area contributed by atoms with Crippen molar-refractivity contribution in [2.24, 2.45) is 0 Å². The van der Waals surface area contributed by atoms with Gasteiger partial charge in [-0.2, -0.15) is 13.2 Å². The highest BCUT2D eigenvalue weighted by atomic mass is 35.5. The molecular weight excluding hydrogens is 415 g/mol. The standard InChI is InChI=1S/C23H17ClF3NS/c1-15-22(29-19-5-3-2-4-6-19)20-13-17(23(25,26)27)9-12-21(20)28(15)14-16-7-10-18(24)11-8-16/h2-13H,14H2,1H3. The highest BCUT2D eigenvalue weighted by Crippen LogP contribution is 2.41. The zero-order valence-corrected chi connectivity index (χ0v) is 17.1. The van der Waals surface area contributed by atoms with E-state index in [1.54, 1.807) is 6.07 Å². The Balaban J connectivity index is 1.86. The molecule has 0 spiro atoms. The van der Waals surface area contributed by atoms with Crippen LogP contribution in [0.4, 0.5) is 13.2 Å². The van der Waals surface area contributed by atoms with E-state index in [1.807, 2.05) is 61.5 Å². The summed E-state index contributed by atoms with van der Waals surface area (Å²) in [5, 5.41) is 1.26. The quantitative estimate of drug-likeness (QED) is 0.319. The van der Waals surface area contributed by atoms with Crippen molar-refractivity contribution >= 4 is 34.3 Å². The molecule has 1 aromatic heterocycles. The maximum Gasteiger partial charge on any atom is 0.416 e. The Morgan fingerprint density at radius 2 is 1.62 bits per heavy atom. The van der Waals surface area contributed by atoms with Gasteiger partial charge in [0.2, 0.25) is 0 Å². The van der Waals surface area contributed by atoms with Crippen molar-refractivity contribution in [2.75, 3.05) is 0 Å². The SMILES string of the molecule is Cc1c(Sc2ccccc2)c2cc(C(F)(F)F)ccc2n1Cc1ccc(Cl)cc1. The van der Waals surface area contributed by atoms with E-state index < -0.39 is 11.7 Å². The number of hydrogen-bond acceptors (Lipinski definition) is 1. The molecule has 1 nitrogen and oxygen atoms in total. The van der Waals surface area contributed by atoms with Gasteiger partial charge in [0.05, 0.1) is 5.56 Å². The lowest BCUT2D eigenvalue weighted by molar-refractivity contribution is -0.137. The largest absolute Gasteiger partial charge is 0.416 e. The Kier molecular flexibility index (Phi) is 5.36. The summed E-state index contributed by atoms with van der Waals surface area (Å²) in [5.74, 6) is 0. The zero-order chi connectivity index (χ0) is 20.6. The fourth-order valence-electron chi connectivity index (χ4n) is 3.34. The molecule has 29 heavy (non-hydrogen) atoms. The van der Waals surface area contributed by atoms with Crippen LogP contribution in [0.2, 0.25) is 5.02 Å². The molecule has 1 heterocycles. The van der Waals surface area contributed by atoms with Crippen LogP contribution >= 0.6 is 23.4 Å². The summed E-state index contributed by atoms with van der Waals surface area (Å²) in [6.45, 7) is 2.51. The third-order valence-electron chi connectivity index (χ3n) is 4.81. The summed E-state index contributed by atoms with van der Waals surface area (Å²) in [4.78, 5) is 1.82. The molecule has 0 amide bonds. The van der Waals surface area contributed by atoms with Gasteiger partial charge < -0.3 is 4.57 Å². The van der Waals surface area contributed by atoms with Gasteiger partial charge in [-0.3, -0.25) is 0 Å². The first-order chi connectivity index (χ1) is 13.8. The summed E-state index contributed by atoms with van der Waals surface area (Å²) >= 11 is 7.47. The Morgan fingerprint density at radius 1 is 0.931 bits per heavy atom. The maximum atomic E-state index is 13.3. The Labute approximate surface area is 176 Å². The molecule has 0 aliphatic carbocycles. The fraction of sp³-hybridized carbons (Fsp3) is 0.130. The third-order valence-corrected chi connectivity index (χ3v) is 6.29. The first-order valence-corrected chi connectivity index (χ1v) is 10.2. The Morgan fingerprint density at radius 3 is 2.28 bits per heavy atom. The van der Waals surface area contributed by atoms with Crippen LogP contribution in [0.5, 0.6) is 0 Å². The van der Waals surface area contributed by atoms with Crippen molar-refractivity contribution in [3.05, 3.63) is 94.6 Å². The van der Waals surface area contributed by atoms with Crippen LogP contribution < -0.4 is 0 Å². The van der Waals surface area contributed by atoms with Gasteiger partial charge >= 0.3 is 6.18 Å². The second kappa shape index (κ2) is 7.81. The Bertz CT molecular complexity index is 1150. The van der Waals surface area contributed by atoms with E-state index in [0.717, 1.165) is 32.6 Å². The number of fused-ring (bicyclic) bond motifs is 1. The highest BCUT2D eigenvalue weighted by Gasteiger charge is 2.31. The predicted molar refractivity (Wildman–Crippen MR) is 113 cm³/mol. The zero-order valence-electron chi connectivity index (χ0n) is 15.5. The van der Waals surface area contributed by atoms with Crippen molar-refractivity contribution in [3.63, 3.8) is 0 Å². The smallest absolute Gasteiger partial charge is 0.339 e. The van der Waals surface area contributed by atoms with E-state index in [0.29, 0.717) is 17.0 Å². The van der Waals surface area contributed by atoms with Gasteiger partial charge in [0.25, 0.3) is 0 Å². The second-order valence-corrected chi connectivity index (χ2v) is 8.29. The van der Waals surface area contributed by atoms with E-state index >= 15 is 0 Å². The number of aromatic nitrogens is 1. The normalized spacial score (nSPS) is 11.9. The van der Waals surface area contributed by atoms with Gasteiger partial charge in [0.1, 0.15) is 0 Å². The van der Waals surface area contributed by atoms with Crippen molar-refractivity contribution < 1.29 is 13.2 Å². The molecule has 0 aliphatic rings. The maximum absolute atomic E-state index is 13.3. The third kappa shape index (κ3) is 4.16. The average molecular weight is 432 g/mol. The molecule has 148 valence electrons. The van der Waals surface area contributed by atoms with Crippen molar-refractivity contribution in [2.45, 2.75) is 29.4 Å². The van der Waals surface area contributed by atoms with Crippen LogP contribution in [0, 0.1) is 6.92 Å². The van der Waals surface area contributed by atoms with Crippen molar-refractivity contribution in [1.82, 2.24) is 4.57 Å². The summed E-state index contributed by atoms with van der Waals surface area (Å²) < 4.78 is 42.1. The summed E-state index contributed by atoms with van der Waals surface area (Å²) in [5.41, 5.74) is 2.11. The molecule has 0 saturated heterocycles. The number of hydrogen-bond donors (Lipinski definition) is 0. The lowest BCUT2D eigenvalue weighted by Crippen LogP contribution is -2.05. The van der Waals surface area contributed by atoms with Gasteiger partial charge in [0.15, 0.2) is 0 Å². The molecule has 0 aliphatic heterocycles. The van der Waals surface area contributed by atoms with Gasteiger partial charge in [0, 0.05) is 38.0 Å². The number of rotatable bonds is 4. The topological polar surface area (TPSA) is 4.93 Å². The summed E-state index contributed by atoms with van der Waals surface area (Å²) in [7, 11) is 0. The molecule has 0 radical (unpaired) electrons. The van der Waals surface area contributed by atoms with Crippen molar-refractivity contribution in [1.29, 1.82) is 0 Å². The number of alkyl halides is 3. The Hall–Kier alpha value is -2.37. The molecule has 4 rings (SSSR count). The molecule has 4 aromatic rings. The van der Waals surface area contributed by atoms with E-state index in [1.165, 1.54) is 17.8 Å². The molecule has 0 bridgehead atoms. The molecule has 0 saturated carbocycles. The van der Waals surface area contributed by atoms with Gasteiger partial charge in [-0.25, -0.2) is 0 Å². The van der Waals surface area contributed by atoms with Crippen LogP contribution in [-0.2, 0) is 12.7 Å². The highest BCUT2D eigenvalue weighted by molar-refractivity contribution is 7.99. The molecule has 0 unspecified atom stereocenters. The van der Waals surface area contributed by atoms with Gasteiger partial charge in [-0.15, -0.1) is 0 Å². The van der Waals surface area contributed by atoms with Crippen LogP contribution in [0.3, 0.4) is 0 Å². The van der Waals surface area contributed by atoms with E-state index in [-0.39, 0.29) is 0 Å². The first kappa shape index (κ1) is 19.9. The fourth-order valence-corrected chi connectivity index (χ4v) is 4.53. The summed E-state index contributed by atoms with van der Waals surface area (Å²) in [6, 6.07) is 21.2. The monoisotopic (exact) mass is 431 g/mol. The van der Waals surface area contributed by atoms with Crippen molar-refractivity contribution in [3.8, 4) is 0 Å². The number of halogens is 4. The summed E-state index contributed by atoms with van der Waals surface area (Å²) in [6.07, 6.45) is -4.38. The van der Waals surface area contributed by atoms with Crippen LogP contribution in [0.15, 0.2) is 82.6 Å². The van der Waals surface area contributed by atoms with E-state index in [2.05, 4.69) is 4.57 Å². The molecule has 3 aromatic carbocycles. The van der Waals surface area contributed by atoms with Crippen LogP contribution in [-0.4, -0.2) is 4.57 Å².